The molecule has 0 spiro atoms. The molecule has 3 aromatic rings. The van der Waals surface area contributed by atoms with Crippen LogP contribution in [0.3, 0.4) is 0 Å². The Hall–Kier alpha value is -1.60. The smallest absolute Gasteiger partial charge is 0.257 e. The summed E-state index contributed by atoms with van der Waals surface area (Å²) in [5.74, 6) is -0.350. The number of carbonyl (C=O) groups excluding carboxylic acids is 1. The van der Waals surface area contributed by atoms with E-state index < -0.39 is 6.10 Å². The van der Waals surface area contributed by atoms with Crippen LogP contribution in [0, 0.1) is 3.57 Å². The third kappa shape index (κ3) is 4.38. The Bertz CT molecular complexity index is 948. The zero-order chi connectivity index (χ0) is 18.7. The van der Waals surface area contributed by atoms with Gasteiger partial charge < -0.3 is 10.4 Å². The SMILES string of the molecule is O=C(Nc1ccc(Cl)cc1C(O)c1ccccc1)c1cc(I)ccc1Cl. The molecule has 3 rings (SSSR count). The Morgan fingerprint density at radius 1 is 1.00 bits per heavy atom. The Morgan fingerprint density at radius 3 is 2.46 bits per heavy atom. The van der Waals surface area contributed by atoms with Crippen LogP contribution in [0.1, 0.15) is 27.6 Å². The molecule has 1 unspecified atom stereocenters. The number of hydrogen-bond donors (Lipinski definition) is 2. The van der Waals surface area contributed by atoms with Crippen LogP contribution in [0.25, 0.3) is 0 Å². The van der Waals surface area contributed by atoms with Crippen molar-refractivity contribution in [3.8, 4) is 0 Å². The largest absolute Gasteiger partial charge is 0.384 e. The predicted octanol–water partition coefficient (Wildman–Crippen LogP) is 5.93. The van der Waals surface area contributed by atoms with Crippen LogP contribution in [0.2, 0.25) is 10.0 Å². The number of anilines is 1. The maximum absolute atomic E-state index is 12.7. The number of halogens is 3. The number of rotatable bonds is 4. The van der Waals surface area contributed by atoms with Gasteiger partial charge >= 0.3 is 0 Å². The molecule has 0 aliphatic rings. The number of amides is 1. The van der Waals surface area contributed by atoms with Crippen LogP contribution in [0.5, 0.6) is 0 Å². The van der Waals surface area contributed by atoms with Crippen molar-refractivity contribution in [2.24, 2.45) is 0 Å². The second kappa shape index (κ2) is 8.39. The van der Waals surface area contributed by atoms with Crippen molar-refractivity contribution in [2.45, 2.75) is 6.10 Å². The van der Waals surface area contributed by atoms with Gasteiger partial charge in [-0.1, -0.05) is 53.5 Å². The standard InChI is InChI=1S/C20H14Cl2INO2/c21-13-6-9-18(16(10-13)19(25)12-4-2-1-3-5-12)24-20(26)15-11-14(23)7-8-17(15)22/h1-11,19,25H,(H,24,26). The van der Waals surface area contributed by atoms with E-state index in [2.05, 4.69) is 27.9 Å². The Kier molecular flexibility index (Phi) is 6.19. The third-order valence-corrected chi connectivity index (χ3v) is 5.08. The number of aliphatic hydroxyl groups excluding tert-OH is 1. The van der Waals surface area contributed by atoms with Crippen molar-refractivity contribution in [3.63, 3.8) is 0 Å². The zero-order valence-corrected chi connectivity index (χ0v) is 17.1. The molecule has 0 aromatic heterocycles. The van der Waals surface area contributed by atoms with Crippen LogP contribution >= 0.6 is 45.8 Å². The van der Waals surface area contributed by atoms with Crippen molar-refractivity contribution in [1.29, 1.82) is 0 Å². The molecule has 3 nitrogen and oxygen atoms in total. The molecule has 0 saturated heterocycles. The molecular formula is C20H14Cl2INO2. The second-order valence-electron chi connectivity index (χ2n) is 5.62. The second-order valence-corrected chi connectivity index (χ2v) is 7.71. The first-order valence-corrected chi connectivity index (χ1v) is 9.58. The van der Waals surface area contributed by atoms with Crippen LogP contribution in [-0.4, -0.2) is 11.0 Å². The van der Waals surface area contributed by atoms with Crippen LogP contribution < -0.4 is 5.32 Å². The average molecular weight is 498 g/mol. The first-order chi connectivity index (χ1) is 12.5. The molecule has 0 radical (unpaired) electrons. The number of hydrogen-bond acceptors (Lipinski definition) is 2. The lowest BCUT2D eigenvalue weighted by molar-refractivity contribution is 0.102. The molecule has 0 heterocycles. The van der Waals surface area contributed by atoms with Gasteiger partial charge in [-0.3, -0.25) is 4.79 Å². The fourth-order valence-corrected chi connectivity index (χ4v) is 3.42. The normalized spacial score (nSPS) is 11.8. The number of benzene rings is 3. The molecule has 2 N–H and O–H groups in total. The molecule has 0 aliphatic carbocycles. The summed E-state index contributed by atoms with van der Waals surface area (Å²) in [6, 6.07) is 19.4. The van der Waals surface area contributed by atoms with Crippen LogP contribution in [0.4, 0.5) is 5.69 Å². The van der Waals surface area contributed by atoms with Crippen molar-refractivity contribution in [2.75, 3.05) is 5.32 Å². The van der Waals surface area contributed by atoms with Crippen LogP contribution in [-0.2, 0) is 0 Å². The molecule has 3 aromatic carbocycles. The van der Waals surface area contributed by atoms with E-state index in [1.165, 1.54) is 0 Å². The van der Waals surface area contributed by atoms with Gasteiger partial charge in [-0.25, -0.2) is 0 Å². The van der Waals surface area contributed by atoms with Gasteiger partial charge in [0.25, 0.3) is 5.91 Å². The quantitative estimate of drug-likeness (QED) is 0.439. The Labute approximate surface area is 175 Å². The number of aliphatic hydroxyl groups is 1. The van der Waals surface area contributed by atoms with Crippen LogP contribution in [0.15, 0.2) is 66.7 Å². The van der Waals surface area contributed by atoms with Gasteiger partial charge in [-0.05, 0) is 64.6 Å². The molecule has 132 valence electrons. The number of nitrogens with one attached hydrogen (secondary N) is 1. The molecule has 0 fully saturated rings. The molecule has 0 saturated carbocycles. The lowest BCUT2D eigenvalue weighted by Crippen LogP contribution is -2.15. The molecule has 0 bridgehead atoms. The van der Waals surface area contributed by atoms with Gasteiger partial charge in [0.05, 0.1) is 10.6 Å². The minimum Gasteiger partial charge on any atom is -0.384 e. The lowest BCUT2D eigenvalue weighted by atomic mass is 9.99. The van der Waals surface area contributed by atoms with E-state index in [9.17, 15) is 9.90 Å². The summed E-state index contributed by atoms with van der Waals surface area (Å²) in [6.45, 7) is 0. The summed E-state index contributed by atoms with van der Waals surface area (Å²) in [5, 5.41) is 14.4. The van der Waals surface area contributed by atoms with Gasteiger partial charge in [0, 0.05) is 19.8 Å². The van der Waals surface area contributed by atoms with E-state index in [-0.39, 0.29) is 5.91 Å². The topological polar surface area (TPSA) is 49.3 Å². The van der Waals surface area contributed by atoms with E-state index in [1.54, 1.807) is 30.3 Å². The summed E-state index contributed by atoms with van der Waals surface area (Å²) < 4.78 is 0.901. The average Bonchev–Trinajstić information content (AvgIpc) is 2.65. The minimum atomic E-state index is -0.920. The Balaban J connectivity index is 1.96. The highest BCUT2D eigenvalue weighted by atomic mass is 127. The van der Waals surface area contributed by atoms with Gasteiger partial charge in [0.1, 0.15) is 6.10 Å². The summed E-state index contributed by atoms with van der Waals surface area (Å²) in [7, 11) is 0. The summed E-state index contributed by atoms with van der Waals surface area (Å²) >= 11 is 14.4. The highest BCUT2D eigenvalue weighted by molar-refractivity contribution is 14.1. The maximum Gasteiger partial charge on any atom is 0.257 e. The lowest BCUT2D eigenvalue weighted by Gasteiger charge is -2.17. The highest BCUT2D eigenvalue weighted by Gasteiger charge is 2.18. The Morgan fingerprint density at radius 2 is 1.73 bits per heavy atom. The summed E-state index contributed by atoms with van der Waals surface area (Å²) in [6.07, 6.45) is -0.920. The van der Waals surface area contributed by atoms with E-state index in [4.69, 9.17) is 23.2 Å². The number of carbonyl (C=O) groups is 1. The van der Waals surface area contributed by atoms with Crippen molar-refractivity contribution in [1.82, 2.24) is 0 Å². The molecule has 0 aliphatic heterocycles. The molecule has 6 heteroatoms. The van der Waals surface area contributed by atoms with E-state index in [0.29, 0.717) is 32.4 Å². The summed E-state index contributed by atoms with van der Waals surface area (Å²) in [4.78, 5) is 12.7. The van der Waals surface area contributed by atoms with E-state index >= 15 is 0 Å². The monoisotopic (exact) mass is 497 g/mol. The van der Waals surface area contributed by atoms with Gasteiger partial charge in [-0.15, -0.1) is 0 Å². The molecule has 1 atom stereocenters. The van der Waals surface area contributed by atoms with Gasteiger partial charge in [0.2, 0.25) is 0 Å². The first-order valence-electron chi connectivity index (χ1n) is 7.74. The maximum atomic E-state index is 12.7. The predicted molar refractivity (Wildman–Crippen MR) is 114 cm³/mol. The van der Waals surface area contributed by atoms with E-state index in [0.717, 1.165) is 3.57 Å². The molecule has 26 heavy (non-hydrogen) atoms. The van der Waals surface area contributed by atoms with Crippen molar-refractivity contribution < 1.29 is 9.90 Å². The zero-order valence-electron chi connectivity index (χ0n) is 13.4. The van der Waals surface area contributed by atoms with Gasteiger partial charge in [-0.2, -0.15) is 0 Å². The minimum absolute atomic E-state index is 0.350. The first kappa shape index (κ1) is 19.2. The van der Waals surface area contributed by atoms with E-state index in [1.807, 2.05) is 36.4 Å². The highest BCUT2D eigenvalue weighted by Crippen LogP contribution is 2.31. The molecule has 1 amide bonds. The fraction of sp³-hybridized carbons (Fsp3) is 0.0500. The summed E-state index contributed by atoms with van der Waals surface area (Å²) in [5.41, 5.74) is 2.07. The third-order valence-electron chi connectivity index (χ3n) is 3.84. The van der Waals surface area contributed by atoms with Crippen molar-refractivity contribution in [3.05, 3.63) is 97.0 Å². The van der Waals surface area contributed by atoms with Crippen molar-refractivity contribution >= 4 is 57.4 Å². The molecular weight excluding hydrogens is 484 g/mol. The fourth-order valence-electron chi connectivity index (χ4n) is 2.55. The van der Waals surface area contributed by atoms with Gasteiger partial charge in [0.15, 0.2) is 0 Å².